The number of carbonyl (C=O) groups excluding carboxylic acids is 5. The second kappa shape index (κ2) is 15.4. The lowest BCUT2D eigenvalue weighted by atomic mass is 10.4. The van der Waals surface area contributed by atoms with Crippen LogP contribution in [-0.4, -0.2) is 41.1 Å². The van der Waals surface area contributed by atoms with Gasteiger partial charge in [-0.05, 0) is 35.9 Å². The number of ketones is 3. The van der Waals surface area contributed by atoms with Crippen LogP contribution < -0.4 is 0 Å². The lowest BCUT2D eigenvalue weighted by Crippen LogP contribution is -2.24. The zero-order valence-electron chi connectivity index (χ0n) is 14.6. The van der Waals surface area contributed by atoms with Crippen LogP contribution in [0, 0.1) is 0 Å². The molecule has 0 aromatic heterocycles. The van der Waals surface area contributed by atoms with Gasteiger partial charge in [0.1, 0.15) is 0 Å². The number of nitrogens with zero attached hydrogens (tertiary/aromatic N) is 1. The highest BCUT2D eigenvalue weighted by molar-refractivity contribution is 9.12. The fourth-order valence-electron chi connectivity index (χ4n) is 0.475. The number of imide groups is 1. The van der Waals surface area contributed by atoms with E-state index >= 15 is 0 Å². The Kier molecular flexibility index (Phi) is 17.1. The Morgan fingerprint density at radius 1 is 1.04 bits per heavy atom. The molecule has 0 unspecified atom stereocenters. The molecular formula is C17H21BrClNO5. The molecule has 1 heterocycles. The minimum absolute atomic E-state index is 0.0185. The average Bonchev–Trinajstić information content (AvgIpc) is 2.80. The van der Waals surface area contributed by atoms with E-state index in [0.29, 0.717) is 4.48 Å². The summed E-state index contributed by atoms with van der Waals surface area (Å²) in [4.78, 5) is 51.5. The number of Topliss-reactive ketones (excluding diaryl/α,β-unsaturated/α-hetero) is 2. The third-order valence-corrected chi connectivity index (χ3v) is 2.91. The number of hydrogen-bond donors (Lipinski definition) is 0. The quantitative estimate of drug-likeness (QED) is 0.503. The third-order valence-electron chi connectivity index (χ3n) is 2.08. The zero-order chi connectivity index (χ0) is 20.7. The van der Waals surface area contributed by atoms with Crippen molar-refractivity contribution < 1.29 is 24.0 Å². The van der Waals surface area contributed by atoms with E-state index in [4.69, 9.17) is 11.6 Å². The van der Waals surface area contributed by atoms with Gasteiger partial charge in [0.2, 0.25) is 0 Å². The van der Waals surface area contributed by atoms with Crippen molar-refractivity contribution in [1.82, 2.24) is 4.90 Å². The molecule has 0 atom stereocenters. The number of amides is 2. The first-order valence-corrected chi connectivity index (χ1v) is 7.78. The molecule has 1 aliphatic heterocycles. The Hall–Kier alpha value is -2.12. The smallest absolute Gasteiger partial charge is 0.253 e. The predicted octanol–water partition coefficient (Wildman–Crippen LogP) is 3.11. The molecule has 0 fully saturated rings. The van der Waals surface area contributed by atoms with E-state index in [1.54, 1.807) is 0 Å². The molecule has 1 rings (SSSR count). The Bertz CT molecular complexity index is 542. The Labute approximate surface area is 161 Å². The summed E-state index contributed by atoms with van der Waals surface area (Å²) in [6, 6.07) is 0. The van der Waals surface area contributed by atoms with E-state index in [9.17, 15) is 24.0 Å². The zero-order valence-corrected chi connectivity index (χ0v) is 16.9. The molecule has 0 spiro atoms. The number of rotatable bonds is 3. The highest BCUT2D eigenvalue weighted by Crippen LogP contribution is 1.99. The van der Waals surface area contributed by atoms with Crippen LogP contribution in [0.4, 0.5) is 0 Å². The van der Waals surface area contributed by atoms with Gasteiger partial charge in [-0.1, -0.05) is 31.3 Å². The molecule has 25 heavy (non-hydrogen) atoms. The number of hydrogen-bond acceptors (Lipinski definition) is 5. The topological polar surface area (TPSA) is 88.6 Å². The van der Waals surface area contributed by atoms with Crippen molar-refractivity contribution >= 4 is 56.7 Å². The molecular weight excluding hydrogens is 414 g/mol. The van der Waals surface area contributed by atoms with E-state index in [1.807, 2.05) is 0 Å². The second-order valence-corrected chi connectivity index (χ2v) is 5.72. The number of allylic oxidation sites excluding steroid dienone is 3. The standard InChI is InChI=1S/C5H5NO2.C4H5BrO.C4H5ClO.C4H6O/c1-6-4(7)2-3-5(6)8;2*1-3(5)4(2)6;1-3-4(2)5/h2-3H,1H3;2*1H2,2H3;3H,1H2,2H3. The molecule has 0 saturated heterocycles. The van der Waals surface area contributed by atoms with Crippen LogP contribution in [0.3, 0.4) is 0 Å². The predicted molar refractivity (Wildman–Crippen MR) is 102 cm³/mol. The Balaban J connectivity index is -0.000000263. The summed E-state index contributed by atoms with van der Waals surface area (Å²) in [6.45, 7) is 14.0. The van der Waals surface area contributed by atoms with Gasteiger partial charge in [-0.3, -0.25) is 28.9 Å². The van der Waals surface area contributed by atoms with Gasteiger partial charge in [0.25, 0.3) is 11.8 Å². The number of carbonyl (C=O) groups is 5. The van der Waals surface area contributed by atoms with Crippen LogP contribution >= 0.6 is 27.5 Å². The second-order valence-electron chi connectivity index (χ2n) is 4.31. The lowest BCUT2D eigenvalue weighted by molar-refractivity contribution is -0.135. The molecule has 1 aliphatic rings. The van der Waals surface area contributed by atoms with Crippen LogP contribution in [0.2, 0.25) is 0 Å². The molecule has 0 saturated carbocycles. The first kappa shape index (κ1) is 27.7. The van der Waals surface area contributed by atoms with Crippen LogP contribution in [0.15, 0.2) is 47.5 Å². The molecule has 2 amide bonds. The fourth-order valence-corrected chi connectivity index (χ4v) is 0.475. The summed E-state index contributed by atoms with van der Waals surface area (Å²) in [5.41, 5.74) is 0. The molecule has 0 N–H and O–H groups in total. The van der Waals surface area contributed by atoms with Crippen LogP contribution in [0.1, 0.15) is 20.8 Å². The molecule has 8 heteroatoms. The van der Waals surface area contributed by atoms with Crippen LogP contribution in [-0.2, 0) is 24.0 Å². The van der Waals surface area contributed by atoms with E-state index in [1.165, 1.54) is 46.0 Å². The lowest BCUT2D eigenvalue weighted by Gasteiger charge is -2.01. The van der Waals surface area contributed by atoms with Gasteiger partial charge in [0.15, 0.2) is 17.3 Å². The van der Waals surface area contributed by atoms with E-state index < -0.39 is 0 Å². The minimum atomic E-state index is -0.241. The SMILES string of the molecule is C=C(Br)C(C)=O.C=C(Cl)C(C)=O.C=CC(C)=O.CN1C(=O)C=CC1=O. The maximum Gasteiger partial charge on any atom is 0.253 e. The van der Waals surface area contributed by atoms with Gasteiger partial charge in [-0.25, -0.2) is 0 Å². The largest absolute Gasteiger partial charge is 0.295 e. The average molecular weight is 435 g/mol. The molecule has 0 aromatic carbocycles. The van der Waals surface area contributed by atoms with Gasteiger partial charge >= 0.3 is 0 Å². The van der Waals surface area contributed by atoms with E-state index in [2.05, 4.69) is 35.7 Å². The van der Waals surface area contributed by atoms with Crippen molar-refractivity contribution in [3.63, 3.8) is 0 Å². The minimum Gasteiger partial charge on any atom is -0.295 e. The summed E-state index contributed by atoms with van der Waals surface area (Å²) < 4.78 is 0.433. The van der Waals surface area contributed by atoms with Crippen molar-refractivity contribution in [1.29, 1.82) is 0 Å². The first-order valence-electron chi connectivity index (χ1n) is 6.61. The highest BCUT2D eigenvalue weighted by Gasteiger charge is 2.17. The van der Waals surface area contributed by atoms with Crippen LogP contribution in [0.5, 0.6) is 0 Å². The maximum atomic E-state index is 10.4. The van der Waals surface area contributed by atoms with Gasteiger partial charge in [-0.2, -0.15) is 0 Å². The Morgan fingerprint density at radius 3 is 1.32 bits per heavy atom. The van der Waals surface area contributed by atoms with Crippen molar-refractivity contribution in [2.45, 2.75) is 20.8 Å². The number of halogens is 2. The summed E-state index contributed by atoms with van der Waals surface area (Å²) in [5.74, 6) is -0.651. The molecule has 138 valence electrons. The van der Waals surface area contributed by atoms with Crippen molar-refractivity contribution in [3.05, 3.63) is 47.5 Å². The third kappa shape index (κ3) is 19.8. The highest BCUT2D eigenvalue weighted by atomic mass is 79.9. The summed E-state index contributed by atoms with van der Waals surface area (Å²) >= 11 is 7.96. The first-order chi connectivity index (χ1) is 11.3. The van der Waals surface area contributed by atoms with Crippen molar-refractivity contribution in [2.24, 2.45) is 0 Å². The molecule has 0 bridgehead atoms. The summed E-state index contributed by atoms with van der Waals surface area (Å²) in [5, 5.41) is 0.0926. The van der Waals surface area contributed by atoms with E-state index in [0.717, 1.165) is 4.90 Å². The maximum absolute atomic E-state index is 10.4. The summed E-state index contributed by atoms with van der Waals surface area (Å²) in [7, 11) is 1.45. The van der Waals surface area contributed by atoms with Gasteiger partial charge in [-0.15, -0.1) is 0 Å². The normalized spacial score (nSPS) is 10.9. The van der Waals surface area contributed by atoms with Gasteiger partial charge < -0.3 is 0 Å². The van der Waals surface area contributed by atoms with E-state index in [-0.39, 0.29) is 34.2 Å². The number of likely N-dealkylation sites (N-methyl/N-ethyl adjacent to an activating group) is 1. The molecule has 0 radical (unpaired) electrons. The van der Waals surface area contributed by atoms with Gasteiger partial charge in [0, 0.05) is 26.1 Å². The van der Waals surface area contributed by atoms with Gasteiger partial charge in [0.05, 0.1) is 9.51 Å². The molecule has 6 nitrogen and oxygen atoms in total. The Morgan fingerprint density at radius 2 is 1.28 bits per heavy atom. The van der Waals surface area contributed by atoms with Crippen molar-refractivity contribution in [3.8, 4) is 0 Å². The fraction of sp³-hybridized carbons (Fsp3) is 0.235. The van der Waals surface area contributed by atoms with Crippen molar-refractivity contribution in [2.75, 3.05) is 7.05 Å². The summed E-state index contributed by atoms with van der Waals surface area (Å²) in [6.07, 6.45) is 3.78. The molecule has 0 aliphatic carbocycles. The molecule has 0 aromatic rings. The monoisotopic (exact) mass is 433 g/mol. The van der Waals surface area contributed by atoms with Crippen LogP contribution in [0.25, 0.3) is 0 Å².